The Bertz CT molecular complexity index is 2020. The predicted molar refractivity (Wildman–Crippen MR) is 158 cm³/mol. The summed E-state index contributed by atoms with van der Waals surface area (Å²) >= 11 is 7.08. The number of fused-ring (bicyclic) bond motifs is 2. The van der Waals surface area contributed by atoms with Crippen LogP contribution in [-0.4, -0.2) is 57.3 Å². The number of aromatic amines is 1. The standard InChI is InChI=1S/C29H25ClN4O6S2/c1-40-21-11-9-19-10-12-23(17-20(19)16-21)42(38,39)33-25-13-15-34(28(25)35)29(30,41(36,37)22-6-3-2-4-7-22)27-18-26-24(32-27)8-5-14-31-26/h2-12,14,16-18,25,32-33H,13,15H2,1H3/t25-,29?/m0/s1. The van der Waals surface area contributed by atoms with Crippen LogP contribution < -0.4 is 9.46 Å². The Morgan fingerprint density at radius 3 is 2.45 bits per heavy atom. The number of aromatic nitrogens is 2. The zero-order chi connectivity index (χ0) is 29.7. The van der Waals surface area contributed by atoms with Gasteiger partial charge in [-0.25, -0.2) is 16.8 Å². The number of hydrogen-bond donors (Lipinski definition) is 2. The van der Waals surface area contributed by atoms with Crippen molar-refractivity contribution in [1.29, 1.82) is 0 Å². The first-order valence-electron chi connectivity index (χ1n) is 12.9. The summed E-state index contributed by atoms with van der Waals surface area (Å²) in [7, 11) is -7.11. The molecule has 216 valence electrons. The van der Waals surface area contributed by atoms with E-state index in [4.69, 9.17) is 16.3 Å². The number of rotatable bonds is 8. The second-order valence-electron chi connectivity index (χ2n) is 9.82. The molecule has 1 aliphatic heterocycles. The second kappa shape index (κ2) is 10.4. The number of pyridine rings is 1. The lowest BCUT2D eigenvalue weighted by atomic mass is 10.1. The summed E-state index contributed by atoms with van der Waals surface area (Å²) in [6.07, 6.45) is 1.55. The summed E-state index contributed by atoms with van der Waals surface area (Å²) in [5.74, 6) is -0.209. The van der Waals surface area contributed by atoms with Crippen molar-refractivity contribution in [2.75, 3.05) is 13.7 Å². The molecule has 0 spiro atoms. The van der Waals surface area contributed by atoms with Gasteiger partial charge in [-0.05, 0) is 71.8 Å². The van der Waals surface area contributed by atoms with Crippen LogP contribution in [0.4, 0.5) is 0 Å². The SMILES string of the molecule is COc1ccc2ccc(S(=O)(=O)N[C@H]3CCN(C(Cl)(c4cc5ncccc5[nH]4)S(=O)(=O)c4ccccc4)C3=O)cc2c1. The Hall–Kier alpha value is -3.97. The van der Waals surface area contributed by atoms with Crippen LogP contribution in [0.1, 0.15) is 12.1 Å². The van der Waals surface area contributed by atoms with Gasteiger partial charge in [-0.2, -0.15) is 4.72 Å². The number of likely N-dealkylation sites (tertiary alicyclic amines) is 1. The molecule has 1 aliphatic rings. The molecule has 0 aliphatic carbocycles. The number of nitrogens with zero attached hydrogens (tertiary/aromatic N) is 2. The van der Waals surface area contributed by atoms with E-state index >= 15 is 0 Å². The van der Waals surface area contributed by atoms with Crippen LogP contribution in [0, 0.1) is 0 Å². The van der Waals surface area contributed by atoms with Crippen LogP contribution in [0.3, 0.4) is 0 Å². The summed E-state index contributed by atoms with van der Waals surface area (Å²) in [5, 5.41) is 1.45. The fourth-order valence-electron chi connectivity index (χ4n) is 5.14. The molecule has 2 aromatic heterocycles. The van der Waals surface area contributed by atoms with Crippen LogP contribution in [0.15, 0.2) is 101 Å². The number of amides is 1. The number of nitrogens with one attached hydrogen (secondary N) is 2. The van der Waals surface area contributed by atoms with E-state index in [-0.39, 0.29) is 28.5 Å². The first-order valence-corrected chi connectivity index (χ1v) is 16.2. The van der Waals surface area contributed by atoms with E-state index < -0.39 is 36.1 Å². The van der Waals surface area contributed by atoms with Crippen molar-refractivity contribution in [2.24, 2.45) is 0 Å². The molecular formula is C29H25ClN4O6S2. The first-order chi connectivity index (χ1) is 20.0. The molecule has 1 unspecified atom stereocenters. The van der Waals surface area contributed by atoms with Gasteiger partial charge in [-0.15, -0.1) is 0 Å². The average molecular weight is 625 g/mol. The normalized spacial score (nSPS) is 17.5. The van der Waals surface area contributed by atoms with Gasteiger partial charge in [0.2, 0.25) is 25.8 Å². The molecule has 3 heterocycles. The third-order valence-electron chi connectivity index (χ3n) is 7.31. The molecule has 42 heavy (non-hydrogen) atoms. The van der Waals surface area contributed by atoms with E-state index in [0.29, 0.717) is 22.2 Å². The number of halogens is 1. The summed E-state index contributed by atoms with van der Waals surface area (Å²) in [4.78, 5) is 21.9. The Kier molecular flexibility index (Phi) is 6.97. The zero-order valence-electron chi connectivity index (χ0n) is 22.2. The Morgan fingerprint density at radius 1 is 0.952 bits per heavy atom. The van der Waals surface area contributed by atoms with Gasteiger partial charge in [-0.1, -0.05) is 41.9 Å². The number of hydrogen-bond acceptors (Lipinski definition) is 7. The largest absolute Gasteiger partial charge is 0.497 e. The molecule has 0 saturated carbocycles. The van der Waals surface area contributed by atoms with Crippen LogP contribution >= 0.6 is 11.6 Å². The van der Waals surface area contributed by atoms with E-state index in [0.717, 1.165) is 10.3 Å². The summed E-state index contributed by atoms with van der Waals surface area (Å²) in [6.45, 7) is -0.126. The molecule has 1 fully saturated rings. The average Bonchev–Trinajstić information content (AvgIpc) is 3.60. The maximum atomic E-state index is 14.1. The zero-order valence-corrected chi connectivity index (χ0v) is 24.6. The van der Waals surface area contributed by atoms with E-state index in [9.17, 15) is 21.6 Å². The molecule has 1 saturated heterocycles. The number of H-pyrrole nitrogens is 1. The lowest BCUT2D eigenvalue weighted by Crippen LogP contribution is -2.51. The Balaban J connectivity index is 1.37. The molecule has 0 bridgehead atoms. The van der Waals surface area contributed by atoms with Crippen molar-refractivity contribution in [3.8, 4) is 5.75 Å². The first kappa shape index (κ1) is 28.2. The summed E-state index contributed by atoms with van der Waals surface area (Å²) < 4.78 is 60.4. The molecule has 10 nitrogen and oxygen atoms in total. The number of sulfone groups is 1. The van der Waals surface area contributed by atoms with Crippen LogP contribution in [0.5, 0.6) is 5.75 Å². The van der Waals surface area contributed by atoms with Gasteiger partial charge in [0, 0.05) is 12.7 Å². The minimum absolute atomic E-state index is 0.00325. The number of ether oxygens (including phenoxy) is 1. The smallest absolute Gasteiger partial charge is 0.265 e. The van der Waals surface area contributed by atoms with Crippen molar-refractivity contribution in [1.82, 2.24) is 19.6 Å². The van der Waals surface area contributed by atoms with Gasteiger partial charge >= 0.3 is 0 Å². The van der Waals surface area contributed by atoms with E-state index in [1.807, 2.05) is 6.07 Å². The second-order valence-corrected chi connectivity index (χ2v) is 14.4. The topological polar surface area (TPSA) is 139 Å². The van der Waals surface area contributed by atoms with Gasteiger partial charge in [0.25, 0.3) is 4.33 Å². The lowest BCUT2D eigenvalue weighted by Gasteiger charge is -2.35. The van der Waals surface area contributed by atoms with E-state index in [1.165, 1.54) is 37.4 Å². The molecule has 5 aromatic rings. The van der Waals surface area contributed by atoms with Gasteiger partial charge in [-0.3, -0.25) is 9.78 Å². The van der Waals surface area contributed by atoms with Crippen LogP contribution in [0.25, 0.3) is 21.8 Å². The highest BCUT2D eigenvalue weighted by Crippen LogP contribution is 2.45. The van der Waals surface area contributed by atoms with Gasteiger partial charge in [0.05, 0.1) is 33.6 Å². The monoisotopic (exact) mass is 624 g/mol. The molecule has 3 aromatic carbocycles. The van der Waals surface area contributed by atoms with Crippen molar-refractivity contribution in [3.05, 3.63) is 96.8 Å². The molecule has 1 amide bonds. The minimum atomic E-state index is -4.45. The third kappa shape index (κ3) is 4.60. The highest BCUT2D eigenvalue weighted by atomic mass is 35.5. The number of alkyl halides is 1. The van der Waals surface area contributed by atoms with E-state index in [1.54, 1.807) is 54.7 Å². The number of carbonyl (C=O) groups excluding carboxylic acids is 1. The van der Waals surface area contributed by atoms with Gasteiger partial charge in [0.15, 0.2) is 0 Å². The van der Waals surface area contributed by atoms with Crippen LogP contribution in [-0.2, 0) is 29.0 Å². The van der Waals surface area contributed by atoms with Gasteiger partial charge in [0.1, 0.15) is 11.8 Å². The number of methoxy groups -OCH3 is 1. The Labute approximate surface area is 247 Å². The highest BCUT2D eigenvalue weighted by molar-refractivity contribution is 7.93. The molecule has 13 heteroatoms. The maximum absolute atomic E-state index is 14.1. The van der Waals surface area contributed by atoms with Gasteiger partial charge < -0.3 is 14.6 Å². The molecule has 0 radical (unpaired) electrons. The number of carbonyl (C=O) groups is 1. The number of sulfonamides is 1. The van der Waals surface area contributed by atoms with Crippen molar-refractivity contribution in [2.45, 2.75) is 26.6 Å². The van der Waals surface area contributed by atoms with Crippen molar-refractivity contribution < 1.29 is 26.4 Å². The fourth-order valence-corrected chi connectivity index (χ4v) is 8.63. The highest BCUT2D eigenvalue weighted by Gasteiger charge is 2.56. The fraction of sp³-hybridized carbons (Fsp3) is 0.172. The molecular weight excluding hydrogens is 600 g/mol. The minimum Gasteiger partial charge on any atom is -0.497 e. The maximum Gasteiger partial charge on any atom is 0.265 e. The van der Waals surface area contributed by atoms with Crippen molar-refractivity contribution >= 4 is 59.2 Å². The summed E-state index contributed by atoms with van der Waals surface area (Å²) in [5.41, 5.74) is 0.997. The van der Waals surface area contributed by atoms with Crippen molar-refractivity contribution in [3.63, 3.8) is 0 Å². The number of benzene rings is 3. The van der Waals surface area contributed by atoms with E-state index in [2.05, 4.69) is 14.7 Å². The van der Waals surface area contributed by atoms with Crippen LogP contribution in [0.2, 0.25) is 0 Å². The predicted octanol–water partition coefficient (Wildman–Crippen LogP) is 4.13. The molecule has 2 N–H and O–H groups in total. The molecule has 2 atom stereocenters. The Morgan fingerprint density at radius 2 is 1.71 bits per heavy atom. The third-order valence-corrected chi connectivity index (χ3v) is 11.8. The lowest BCUT2D eigenvalue weighted by molar-refractivity contribution is -0.130. The summed E-state index contributed by atoms with van der Waals surface area (Å²) in [6, 6.07) is 21.1. The molecule has 6 rings (SSSR count). The quantitative estimate of drug-likeness (QED) is 0.196.